The molecule has 2 amide bonds. The van der Waals surface area contributed by atoms with E-state index < -0.39 is 6.03 Å². The largest absolute Gasteiger partial charge is 0.405 e. The third-order valence-corrected chi connectivity index (χ3v) is 2.85. The summed E-state index contributed by atoms with van der Waals surface area (Å²) in [4.78, 5) is 10.9. The zero-order valence-corrected chi connectivity index (χ0v) is 13.1. The van der Waals surface area contributed by atoms with E-state index >= 15 is 0 Å². The summed E-state index contributed by atoms with van der Waals surface area (Å²) in [7, 11) is 0. The SMILES string of the molecule is C=CNC(=C(\N)c1ccc(F)cc1)/C(/C=C\N)=C/C(=C)NC(N)=O. The van der Waals surface area contributed by atoms with Crippen LogP contribution in [-0.4, -0.2) is 6.03 Å². The summed E-state index contributed by atoms with van der Waals surface area (Å²) in [5, 5.41) is 5.25. The van der Waals surface area contributed by atoms with Crippen molar-refractivity contribution in [3.05, 3.63) is 90.3 Å². The van der Waals surface area contributed by atoms with Crippen molar-refractivity contribution >= 4 is 11.7 Å². The number of benzene rings is 1. The molecule has 7 heteroatoms. The van der Waals surface area contributed by atoms with E-state index in [4.69, 9.17) is 17.2 Å². The second kappa shape index (κ2) is 8.84. The van der Waals surface area contributed by atoms with Crippen molar-refractivity contribution in [3.8, 4) is 0 Å². The van der Waals surface area contributed by atoms with E-state index in [0.29, 0.717) is 22.5 Å². The quantitative estimate of drug-likeness (QED) is 0.490. The Labute approximate surface area is 139 Å². The van der Waals surface area contributed by atoms with Crippen LogP contribution in [0.25, 0.3) is 5.70 Å². The lowest BCUT2D eigenvalue weighted by Gasteiger charge is -2.14. The fraction of sp³-hybridized carbons (Fsp3) is 0. The Balaban J connectivity index is 3.40. The number of urea groups is 1. The van der Waals surface area contributed by atoms with Crippen LogP contribution >= 0.6 is 0 Å². The number of allylic oxidation sites excluding steroid dienone is 2. The number of carbonyl (C=O) groups excluding carboxylic acids is 1. The predicted octanol–water partition coefficient (Wildman–Crippen LogP) is 1.77. The summed E-state index contributed by atoms with van der Waals surface area (Å²) in [6, 6.07) is 4.92. The first-order chi connectivity index (χ1) is 11.4. The number of carbonyl (C=O) groups is 1. The maximum Gasteiger partial charge on any atom is 0.316 e. The molecule has 0 heterocycles. The number of hydrogen-bond acceptors (Lipinski definition) is 4. The summed E-state index contributed by atoms with van der Waals surface area (Å²) in [5.41, 5.74) is 18.8. The molecule has 8 N–H and O–H groups in total. The molecule has 0 aromatic heterocycles. The minimum atomic E-state index is -0.749. The van der Waals surface area contributed by atoms with Crippen LogP contribution in [0.3, 0.4) is 0 Å². The van der Waals surface area contributed by atoms with Crippen molar-refractivity contribution in [1.29, 1.82) is 0 Å². The van der Waals surface area contributed by atoms with Gasteiger partial charge < -0.3 is 27.8 Å². The monoisotopic (exact) mass is 329 g/mol. The van der Waals surface area contributed by atoms with Crippen LogP contribution in [0, 0.1) is 5.82 Å². The lowest BCUT2D eigenvalue weighted by Crippen LogP contribution is -2.27. The number of nitrogens with two attached hydrogens (primary N) is 3. The highest BCUT2D eigenvalue weighted by atomic mass is 19.1. The second-order valence-corrected chi connectivity index (χ2v) is 4.62. The van der Waals surface area contributed by atoms with E-state index in [-0.39, 0.29) is 11.5 Å². The molecule has 24 heavy (non-hydrogen) atoms. The molecule has 0 bridgehead atoms. The molecule has 1 aromatic carbocycles. The van der Waals surface area contributed by atoms with Gasteiger partial charge in [0.15, 0.2) is 0 Å². The van der Waals surface area contributed by atoms with Gasteiger partial charge in [-0.3, -0.25) is 0 Å². The molecule has 0 aliphatic carbocycles. The van der Waals surface area contributed by atoms with Crippen LogP contribution in [0.4, 0.5) is 9.18 Å². The number of rotatable bonds is 7. The first kappa shape index (κ1) is 18.6. The van der Waals surface area contributed by atoms with Gasteiger partial charge in [0.05, 0.1) is 11.4 Å². The standard InChI is InChI=1S/C17H20FN5O/c1-3-22-16(15(20)12-4-6-14(18)7-5-12)13(8-9-19)10-11(2)23-17(21)24/h3-10,22H,1-2,19-20H2,(H3,21,23,24)/b9-8-,13-10+,16-15-. The fourth-order valence-electron chi connectivity index (χ4n) is 1.88. The normalized spacial score (nSPS) is 12.5. The van der Waals surface area contributed by atoms with Crippen molar-refractivity contribution in [2.24, 2.45) is 17.2 Å². The van der Waals surface area contributed by atoms with Crippen LogP contribution in [0.15, 0.2) is 78.9 Å². The zero-order valence-electron chi connectivity index (χ0n) is 13.1. The van der Waals surface area contributed by atoms with Gasteiger partial charge in [0, 0.05) is 11.3 Å². The Morgan fingerprint density at radius 2 is 1.83 bits per heavy atom. The second-order valence-electron chi connectivity index (χ2n) is 4.62. The van der Waals surface area contributed by atoms with Crippen molar-refractivity contribution < 1.29 is 9.18 Å². The van der Waals surface area contributed by atoms with Crippen LogP contribution in [0.2, 0.25) is 0 Å². The Kier molecular flexibility index (Phi) is 6.84. The highest BCUT2D eigenvalue weighted by molar-refractivity contribution is 5.75. The topological polar surface area (TPSA) is 119 Å². The molecule has 0 aliphatic rings. The van der Waals surface area contributed by atoms with E-state index in [9.17, 15) is 9.18 Å². The summed E-state index contributed by atoms with van der Waals surface area (Å²) in [6.45, 7) is 7.28. The van der Waals surface area contributed by atoms with Gasteiger partial charge >= 0.3 is 6.03 Å². The molecule has 0 unspecified atom stereocenters. The molecule has 0 aliphatic heterocycles. The van der Waals surface area contributed by atoms with Crippen LogP contribution in [0.5, 0.6) is 0 Å². The predicted molar refractivity (Wildman–Crippen MR) is 94.1 cm³/mol. The molecule has 0 radical (unpaired) electrons. The fourth-order valence-corrected chi connectivity index (χ4v) is 1.88. The van der Waals surface area contributed by atoms with E-state index in [1.807, 2.05) is 0 Å². The van der Waals surface area contributed by atoms with Crippen LogP contribution in [-0.2, 0) is 0 Å². The van der Waals surface area contributed by atoms with Crippen LogP contribution in [0.1, 0.15) is 5.56 Å². The average Bonchev–Trinajstić information content (AvgIpc) is 2.51. The van der Waals surface area contributed by atoms with E-state index in [1.54, 1.807) is 6.08 Å². The zero-order chi connectivity index (χ0) is 18.1. The third-order valence-electron chi connectivity index (χ3n) is 2.85. The molecule has 0 saturated heterocycles. The summed E-state index contributed by atoms with van der Waals surface area (Å²) >= 11 is 0. The highest BCUT2D eigenvalue weighted by Crippen LogP contribution is 2.20. The van der Waals surface area contributed by atoms with Gasteiger partial charge in [-0.05, 0) is 54.4 Å². The summed E-state index contributed by atoms with van der Waals surface area (Å²) in [5.74, 6) is -0.374. The van der Waals surface area contributed by atoms with Gasteiger partial charge in [-0.15, -0.1) is 0 Å². The number of amides is 2. The highest BCUT2D eigenvalue weighted by Gasteiger charge is 2.10. The first-order valence-electron chi connectivity index (χ1n) is 6.87. The molecule has 126 valence electrons. The maximum absolute atomic E-state index is 13.1. The lowest BCUT2D eigenvalue weighted by molar-refractivity contribution is 0.251. The van der Waals surface area contributed by atoms with Crippen molar-refractivity contribution in [2.45, 2.75) is 0 Å². The molecular weight excluding hydrogens is 309 g/mol. The molecule has 0 saturated carbocycles. The Morgan fingerprint density at radius 3 is 2.33 bits per heavy atom. The number of halogens is 1. The Morgan fingerprint density at radius 1 is 1.21 bits per heavy atom. The number of primary amides is 1. The van der Waals surface area contributed by atoms with Crippen molar-refractivity contribution in [1.82, 2.24) is 10.6 Å². The van der Waals surface area contributed by atoms with Crippen molar-refractivity contribution in [2.75, 3.05) is 0 Å². The van der Waals surface area contributed by atoms with Gasteiger partial charge in [0.25, 0.3) is 0 Å². The van der Waals surface area contributed by atoms with E-state index in [1.165, 1.54) is 42.7 Å². The van der Waals surface area contributed by atoms with E-state index in [0.717, 1.165) is 0 Å². The van der Waals surface area contributed by atoms with Gasteiger partial charge in [0.2, 0.25) is 0 Å². The minimum absolute atomic E-state index is 0.242. The van der Waals surface area contributed by atoms with Gasteiger partial charge in [-0.2, -0.15) is 0 Å². The van der Waals surface area contributed by atoms with Gasteiger partial charge in [0.1, 0.15) is 5.82 Å². The molecule has 1 aromatic rings. The van der Waals surface area contributed by atoms with Gasteiger partial charge in [-0.1, -0.05) is 13.2 Å². The first-order valence-corrected chi connectivity index (χ1v) is 6.87. The smallest absolute Gasteiger partial charge is 0.316 e. The Hall–Kier alpha value is -3.48. The number of hydrogen-bond donors (Lipinski definition) is 5. The third kappa shape index (κ3) is 5.38. The average molecular weight is 329 g/mol. The number of nitrogens with one attached hydrogen (secondary N) is 2. The lowest BCUT2D eigenvalue weighted by atomic mass is 10.0. The van der Waals surface area contributed by atoms with Crippen molar-refractivity contribution in [3.63, 3.8) is 0 Å². The van der Waals surface area contributed by atoms with E-state index in [2.05, 4.69) is 23.8 Å². The molecular formula is C17H20FN5O. The molecule has 0 spiro atoms. The molecule has 0 atom stereocenters. The minimum Gasteiger partial charge on any atom is -0.405 e. The summed E-state index contributed by atoms with van der Waals surface area (Å²) < 4.78 is 13.1. The van der Waals surface area contributed by atoms with Crippen LogP contribution < -0.4 is 27.8 Å². The maximum atomic E-state index is 13.1. The molecule has 6 nitrogen and oxygen atoms in total. The van der Waals surface area contributed by atoms with Gasteiger partial charge in [-0.25, -0.2) is 9.18 Å². The molecule has 1 rings (SSSR count). The summed E-state index contributed by atoms with van der Waals surface area (Å²) in [6.07, 6.45) is 5.80. The molecule has 0 fully saturated rings. The Bertz CT molecular complexity index is 717.